The first kappa shape index (κ1) is 15.7. The van der Waals surface area contributed by atoms with Crippen LogP contribution in [0.4, 0.5) is 11.6 Å². The Balaban J connectivity index is 2.72. The number of benzene rings is 1. The molecule has 0 unspecified atom stereocenters. The van der Waals surface area contributed by atoms with E-state index in [9.17, 15) is 19.7 Å². The molecule has 0 aliphatic carbocycles. The highest BCUT2D eigenvalue weighted by atomic mass is 35.5. The third-order valence-electron chi connectivity index (χ3n) is 2.95. The van der Waals surface area contributed by atoms with Gasteiger partial charge in [0.05, 0.1) is 10.6 Å². The molecule has 0 N–H and O–H groups in total. The molecule has 0 aliphatic rings. The van der Waals surface area contributed by atoms with E-state index >= 15 is 0 Å². The van der Waals surface area contributed by atoms with E-state index in [1.165, 1.54) is 28.6 Å². The molecule has 0 spiro atoms. The van der Waals surface area contributed by atoms with Crippen molar-refractivity contribution in [1.29, 1.82) is 0 Å². The van der Waals surface area contributed by atoms with Crippen molar-refractivity contribution in [3.05, 3.63) is 54.3 Å². The van der Waals surface area contributed by atoms with E-state index in [-0.39, 0.29) is 22.3 Å². The number of rotatable bonds is 3. The van der Waals surface area contributed by atoms with E-state index in [2.05, 4.69) is 4.98 Å². The molecule has 116 valence electrons. The quantitative estimate of drug-likeness (QED) is 0.603. The highest BCUT2D eigenvalue weighted by Gasteiger charge is 2.17. The van der Waals surface area contributed by atoms with Gasteiger partial charge in [-0.3, -0.25) is 14.7 Å². The monoisotopic (exact) mass is 325 g/mol. The number of anilines is 1. The summed E-state index contributed by atoms with van der Waals surface area (Å²) in [5.41, 5.74) is -1.63. The van der Waals surface area contributed by atoms with Gasteiger partial charge in [-0.25, -0.2) is 14.2 Å². The Morgan fingerprint density at radius 3 is 2.45 bits per heavy atom. The molecular weight excluding hydrogens is 314 g/mol. The van der Waals surface area contributed by atoms with Crippen molar-refractivity contribution < 1.29 is 4.92 Å². The Morgan fingerprint density at radius 2 is 1.95 bits per heavy atom. The molecule has 0 saturated heterocycles. The van der Waals surface area contributed by atoms with Gasteiger partial charge in [-0.05, 0) is 12.1 Å². The molecule has 0 amide bonds. The van der Waals surface area contributed by atoms with Crippen LogP contribution in [0.3, 0.4) is 0 Å². The summed E-state index contributed by atoms with van der Waals surface area (Å²) in [5.74, 6) is 0.194. The molecule has 1 heterocycles. The number of nitro benzene ring substituents is 1. The summed E-state index contributed by atoms with van der Waals surface area (Å²) < 4.78 is 1.99. The van der Waals surface area contributed by atoms with Gasteiger partial charge in [-0.1, -0.05) is 11.6 Å². The van der Waals surface area contributed by atoms with Crippen molar-refractivity contribution in [3.8, 4) is 5.69 Å². The van der Waals surface area contributed by atoms with Crippen molar-refractivity contribution in [2.24, 2.45) is 7.05 Å². The van der Waals surface area contributed by atoms with Crippen molar-refractivity contribution in [1.82, 2.24) is 14.1 Å². The van der Waals surface area contributed by atoms with Crippen molar-refractivity contribution in [2.75, 3.05) is 19.0 Å². The largest absolute Gasteiger partial charge is 0.359 e. The van der Waals surface area contributed by atoms with Crippen LogP contribution in [0.25, 0.3) is 5.69 Å². The number of hydrogen-bond donors (Lipinski definition) is 0. The number of halogens is 1. The second kappa shape index (κ2) is 5.60. The molecule has 2 aromatic rings. The standard InChI is InChI=1S/C12H12ClN5O4/c1-15(2)10-14-11(19)17(12(20)16(10)3)7-4-5-9(18(21)22)8(13)6-7/h4-6H,1-3H3. The lowest BCUT2D eigenvalue weighted by molar-refractivity contribution is -0.384. The third-order valence-corrected chi connectivity index (χ3v) is 3.25. The van der Waals surface area contributed by atoms with E-state index < -0.39 is 16.3 Å². The first-order valence-electron chi connectivity index (χ1n) is 6.05. The van der Waals surface area contributed by atoms with Gasteiger partial charge in [-0.2, -0.15) is 4.98 Å². The Labute approximate surface area is 129 Å². The Hall–Kier alpha value is -2.68. The molecule has 2 rings (SSSR count). The minimum absolute atomic E-state index is 0.110. The molecule has 1 aromatic carbocycles. The zero-order valence-corrected chi connectivity index (χ0v) is 12.7. The molecule has 0 bridgehead atoms. The predicted molar refractivity (Wildman–Crippen MR) is 81.1 cm³/mol. The molecule has 0 saturated carbocycles. The van der Waals surface area contributed by atoms with Gasteiger partial charge in [0.2, 0.25) is 5.95 Å². The van der Waals surface area contributed by atoms with Gasteiger partial charge >= 0.3 is 11.4 Å². The molecule has 0 aliphatic heterocycles. The topological polar surface area (TPSA) is 103 Å². The van der Waals surface area contributed by atoms with Gasteiger partial charge in [-0.15, -0.1) is 0 Å². The van der Waals surface area contributed by atoms with Crippen LogP contribution in [-0.2, 0) is 7.05 Å². The lowest BCUT2D eigenvalue weighted by atomic mass is 10.3. The van der Waals surface area contributed by atoms with E-state index in [1.807, 2.05) is 0 Å². The smallest absolute Gasteiger partial charge is 0.348 e. The lowest BCUT2D eigenvalue weighted by Gasteiger charge is -2.16. The van der Waals surface area contributed by atoms with Gasteiger partial charge < -0.3 is 4.90 Å². The van der Waals surface area contributed by atoms with Crippen LogP contribution < -0.4 is 16.3 Å². The number of nitro groups is 1. The average molecular weight is 326 g/mol. The zero-order chi connectivity index (χ0) is 16.6. The Bertz CT molecular complexity index is 871. The second-order valence-electron chi connectivity index (χ2n) is 4.66. The van der Waals surface area contributed by atoms with Gasteiger partial charge in [0.15, 0.2) is 0 Å². The molecule has 22 heavy (non-hydrogen) atoms. The van der Waals surface area contributed by atoms with Crippen molar-refractivity contribution in [3.63, 3.8) is 0 Å². The maximum atomic E-state index is 12.3. The summed E-state index contributed by atoms with van der Waals surface area (Å²) in [6.07, 6.45) is 0. The second-order valence-corrected chi connectivity index (χ2v) is 5.07. The van der Waals surface area contributed by atoms with Crippen LogP contribution in [0.1, 0.15) is 0 Å². The summed E-state index contributed by atoms with van der Waals surface area (Å²) in [6, 6.07) is 3.58. The van der Waals surface area contributed by atoms with Crippen molar-refractivity contribution >= 4 is 23.2 Å². The minimum Gasteiger partial charge on any atom is -0.348 e. The molecule has 0 fully saturated rings. The molecule has 1 aromatic heterocycles. The predicted octanol–water partition coefficient (Wildman–Crippen LogP) is 0.559. The lowest BCUT2D eigenvalue weighted by Crippen LogP contribution is -2.42. The molecule has 9 nitrogen and oxygen atoms in total. The Kier molecular flexibility index (Phi) is 4.00. The van der Waals surface area contributed by atoms with Crippen LogP contribution in [-0.4, -0.2) is 33.1 Å². The number of hydrogen-bond acceptors (Lipinski definition) is 6. The average Bonchev–Trinajstić information content (AvgIpc) is 2.42. The molecular formula is C12H12ClN5O4. The van der Waals surface area contributed by atoms with E-state index in [0.29, 0.717) is 0 Å². The van der Waals surface area contributed by atoms with Gasteiger partial charge in [0.1, 0.15) is 5.02 Å². The van der Waals surface area contributed by atoms with Crippen LogP contribution in [0, 0.1) is 10.1 Å². The number of nitrogens with zero attached hydrogens (tertiary/aromatic N) is 5. The first-order chi connectivity index (χ1) is 10.2. The van der Waals surface area contributed by atoms with Gasteiger partial charge in [0, 0.05) is 27.2 Å². The molecule has 10 heteroatoms. The van der Waals surface area contributed by atoms with Crippen molar-refractivity contribution in [2.45, 2.75) is 0 Å². The van der Waals surface area contributed by atoms with Crippen LogP contribution in [0.15, 0.2) is 27.8 Å². The first-order valence-corrected chi connectivity index (χ1v) is 6.43. The van der Waals surface area contributed by atoms with Crippen LogP contribution >= 0.6 is 11.6 Å². The highest BCUT2D eigenvalue weighted by molar-refractivity contribution is 6.32. The summed E-state index contributed by atoms with van der Waals surface area (Å²) in [4.78, 5) is 39.8. The summed E-state index contributed by atoms with van der Waals surface area (Å²) in [7, 11) is 4.76. The number of aromatic nitrogens is 3. The highest BCUT2D eigenvalue weighted by Crippen LogP contribution is 2.25. The normalized spacial score (nSPS) is 10.5. The summed E-state index contributed by atoms with van der Waals surface area (Å²) in [5, 5.41) is 10.6. The SMILES string of the molecule is CN(C)c1nc(=O)n(-c2ccc([N+](=O)[O-])c(Cl)c2)c(=O)n1C. The fraction of sp³-hybridized carbons (Fsp3) is 0.250. The maximum Gasteiger partial charge on any atom is 0.359 e. The maximum absolute atomic E-state index is 12.3. The van der Waals surface area contributed by atoms with Crippen LogP contribution in [0.5, 0.6) is 0 Å². The van der Waals surface area contributed by atoms with Crippen LogP contribution in [0.2, 0.25) is 5.02 Å². The van der Waals surface area contributed by atoms with E-state index in [0.717, 1.165) is 10.6 Å². The Morgan fingerprint density at radius 1 is 1.32 bits per heavy atom. The fourth-order valence-electron chi connectivity index (χ4n) is 1.93. The van der Waals surface area contributed by atoms with E-state index in [1.54, 1.807) is 14.1 Å². The minimum atomic E-state index is -0.795. The molecule has 0 atom stereocenters. The fourth-order valence-corrected chi connectivity index (χ4v) is 2.18. The zero-order valence-electron chi connectivity index (χ0n) is 12.0. The summed E-state index contributed by atoms with van der Waals surface area (Å²) >= 11 is 5.81. The van der Waals surface area contributed by atoms with E-state index in [4.69, 9.17) is 11.6 Å². The third kappa shape index (κ3) is 2.58. The summed E-state index contributed by atoms with van der Waals surface area (Å²) in [6.45, 7) is 0. The molecule has 0 radical (unpaired) electrons. The van der Waals surface area contributed by atoms with Gasteiger partial charge in [0.25, 0.3) is 5.69 Å².